The van der Waals surface area contributed by atoms with Crippen LogP contribution >= 0.6 is 17.2 Å². The summed E-state index contributed by atoms with van der Waals surface area (Å²) < 4.78 is 30.6. The zero-order chi connectivity index (χ0) is 24.4. The second-order valence-corrected chi connectivity index (χ2v) is 13.0. The van der Waals surface area contributed by atoms with Gasteiger partial charge in [-0.2, -0.15) is 0 Å². The number of benzene rings is 2. The Balaban J connectivity index is 1.91. The van der Waals surface area contributed by atoms with Gasteiger partial charge in [0.05, 0.1) is 0 Å². The van der Waals surface area contributed by atoms with Crippen molar-refractivity contribution in [1.29, 1.82) is 0 Å². The molecule has 0 spiro atoms. The fourth-order valence-electron chi connectivity index (χ4n) is 3.50. The molecule has 1 aliphatic rings. The molecule has 0 saturated carbocycles. The average Bonchev–Trinajstić information content (AvgIpc) is 2.64. The van der Waals surface area contributed by atoms with Gasteiger partial charge in [0.1, 0.15) is 11.5 Å². The van der Waals surface area contributed by atoms with Crippen LogP contribution in [-0.4, -0.2) is 6.29 Å². The Morgan fingerprint density at radius 3 is 1.67 bits per heavy atom. The van der Waals surface area contributed by atoms with Crippen LogP contribution in [0.2, 0.25) is 0 Å². The summed E-state index contributed by atoms with van der Waals surface area (Å²) in [5, 5.41) is 0. The maximum absolute atomic E-state index is 6.44. The fourth-order valence-corrected chi connectivity index (χ4v) is 5.78. The number of aryl methyl sites for hydroxylation is 2. The molecule has 0 bridgehead atoms. The summed E-state index contributed by atoms with van der Waals surface area (Å²) in [5.74, 6) is 1.53. The lowest BCUT2D eigenvalue weighted by Crippen LogP contribution is -2.23. The lowest BCUT2D eigenvalue weighted by atomic mass is 9.86. The van der Waals surface area contributed by atoms with E-state index >= 15 is 0 Å². The predicted octanol–water partition coefficient (Wildman–Crippen LogP) is 9.00. The van der Waals surface area contributed by atoms with Crippen molar-refractivity contribution in [1.82, 2.24) is 0 Å². The number of rotatable bonds is 8. The highest BCUT2D eigenvalue weighted by molar-refractivity contribution is 7.56. The topological polar surface area (TPSA) is 46.2 Å². The lowest BCUT2D eigenvalue weighted by Gasteiger charge is -2.34. The molecule has 3 rings (SSSR count). The van der Waals surface area contributed by atoms with Crippen LogP contribution in [0, 0.1) is 13.8 Å². The van der Waals surface area contributed by atoms with Crippen LogP contribution in [0.25, 0.3) is 0 Å². The molecule has 2 aromatic carbocycles. The second kappa shape index (κ2) is 10.6. The maximum Gasteiger partial charge on any atom is 0.470 e. The van der Waals surface area contributed by atoms with Crippen LogP contribution < -0.4 is 9.05 Å². The summed E-state index contributed by atoms with van der Waals surface area (Å²) in [5.41, 5.74) is 4.24. The zero-order valence-electron chi connectivity index (χ0n) is 21.4. The Bertz CT molecular complexity index is 877. The molecule has 1 heterocycles. The first-order valence-corrected chi connectivity index (χ1v) is 13.8. The van der Waals surface area contributed by atoms with E-state index in [1.54, 1.807) is 0 Å². The molecule has 0 unspecified atom stereocenters. The van der Waals surface area contributed by atoms with E-state index in [0.717, 1.165) is 46.6 Å². The summed E-state index contributed by atoms with van der Waals surface area (Å²) in [7, 11) is -3.30. The van der Waals surface area contributed by atoms with Gasteiger partial charge < -0.3 is 9.05 Å². The van der Waals surface area contributed by atoms with Crippen molar-refractivity contribution in [2.45, 2.75) is 92.3 Å². The van der Waals surface area contributed by atoms with Crippen LogP contribution in [0.5, 0.6) is 11.5 Å². The van der Waals surface area contributed by atoms with Crippen molar-refractivity contribution in [2.24, 2.45) is 0 Å². The highest BCUT2D eigenvalue weighted by Crippen LogP contribution is 2.63. The van der Waals surface area contributed by atoms with Crippen molar-refractivity contribution in [3.05, 3.63) is 58.7 Å². The van der Waals surface area contributed by atoms with Gasteiger partial charge in [0, 0.05) is 11.1 Å². The van der Waals surface area contributed by atoms with Gasteiger partial charge in [-0.15, -0.1) is 0 Å². The van der Waals surface area contributed by atoms with Gasteiger partial charge in [-0.3, -0.25) is 9.05 Å². The van der Waals surface area contributed by atoms with Crippen LogP contribution in [0.15, 0.2) is 36.4 Å². The van der Waals surface area contributed by atoms with Crippen molar-refractivity contribution in [3.8, 4) is 11.5 Å². The van der Waals surface area contributed by atoms with Gasteiger partial charge >= 0.3 is 17.2 Å². The van der Waals surface area contributed by atoms with E-state index in [-0.39, 0.29) is 17.1 Å². The minimum Gasteiger partial charge on any atom is -0.417 e. The molecule has 1 saturated heterocycles. The molecule has 182 valence electrons. The molecule has 0 atom stereocenters. The predicted molar refractivity (Wildman–Crippen MR) is 137 cm³/mol. The molecule has 0 N–H and O–H groups in total. The largest absolute Gasteiger partial charge is 0.470 e. The standard InChI is InChI=1S/C26H38O5P2/c1-10-11-24-29-33(30-24)31-32(27-22-16-18(2)12-14-20(22)25(4,5)6)28-23-17-19(3)13-15-21(23)26(7,8)9/h12-17,24H,10-11H2,1-9H3. The molecule has 0 radical (unpaired) electrons. The molecule has 33 heavy (non-hydrogen) atoms. The van der Waals surface area contributed by atoms with Gasteiger partial charge in [0.15, 0.2) is 6.29 Å². The van der Waals surface area contributed by atoms with Crippen molar-refractivity contribution in [2.75, 3.05) is 0 Å². The van der Waals surface area contributed by atoms with Crippen molar-refractivity contribution >= 4 is 17.2 Å². The van der Waals surface area contributed by atoms with E-state index in [0.29, 0.717) is 0 Å². The smallest absolute Gasteiger partial charge is 0.417 e. The summed E-state index contributed by atoms with van der Waals surface area (Å²) in [6.07, 6.45) is 1.64. The summed E-state index contributed by atoms with van der Waals surface area (Å²) >= 11 is 0. The Hall–Kier alpha value is -1.22. The quantitative estimate of drug-likeness (QED) is 0.344. The molecule has 1 fully saturated rings. The highest BCUT2D eigenvalue weighted by Gasteiger charge is 2.39. The first-order valence-electron chi connectivity index (χ1n) is 11.6. The van der Waals surface area contributed by atoms with Gasteiger partial charge in [-0.1, -0.05) is 79.2 Å². The molecule has 0 aliphatic carbocycles. The van der Waals surface area contributed by atoms with E-state index in [2.05, 4.69) is 86.6 Å². The first kappa shape index (κ1) is 26.4. The molecule has 0 aromatic heterocycles. The third kappa shape index (κ3) is 7.13. The minimum atomic E-state index is -1.81. The summed E-state index contributed by atoms with van der Waals surface area (Å²) in [4.78, 5) is 0. The van der Waals surface area contributed by atoms with Gasteiger partial charge in [-0.05, 0) is 54.4 Å². The third-order valence-corrected chi connectivity index (χ3v) is 7.87. The monoisotopic (exact) mass is 492 g/mol. The number of hydrogen-bond donors (Lipinski definition) is 0. The average molecular weight is 493 g/mol. The van der Waals surface area contributed by atoms with E-state index in [9.17, 15) is 0 Å². The summed E-state index contributed by atoms with van der Waals surface area (Å²) in [6.45, 7) is 19.2. The zero-order valence-corrected chi connectivity index (χ0v) is 23.2. The van der Waals surface area contributed by atoms with E-state index in [4.69, 9.17) is 22.4 Å². The molecular weight excluding hydrogens is 454 g/mol. The van der Waals surface area contributed by atoms with Gasteiger partial charge in [0.2, 0.25) is 0 Å². The highest BCUT2D eigenvalue weighted by atomic mass is 31.2. The Labute approximate surface area is 202 Å². The third-order valence-electron chi connectivity index (χ3n) is 5.30. The normalized spacial score (nSPS) is 18.8. The van der Waals surface area contributed by atoms with Crippen molar-refractivity contribution < 1.29 is 22.4 Å². The van der Waals surface area contributed by atoms with Crippen molar-refractivity contribution in [3.63, 3.8) is 0 Å². The van der Waals surface area contributed by atoms with E-state index in [1.807, 2.05) is 12.1 Å². The maximum atomic E-state index is 6.44. The van der Waals surface area contributed by atoms with Crippen LogP contribution in [-0.2, 0) is 24.2 Å². The minimum absolute atomic E-state index is 0.0923. The Morgan fingerprint density at radius 1 is 0.818 bits per heavy atom. The fraction of sp³-hybridized carbons (Fsp3) is 0.538. The van der Waals surface area contributed by atoms with E-state index < -0.39 is 17.2 Å². The van der Waals surface area contributed by atoms with Crippen LogP contribution in [0.1, 0.15) is 83.6 Å². The molecule has 1 aliphatic heterocycles. The molecule has 0 amide bonds. The van der Waals surface area contributed by atoms with Crippen LogP contribution in [0.4, 0.5) is 0 Å². The summed E-state index contributed by atoms with van der Waals surface area (Å²) in [6, 6.07) is 12.5. The molecule has 2 aromatic rings. The SMILES string of the molecule is CCCC1OP(OP(Oc2cc(C)ccc2C(C)(C)C)Oc2cc(C)ccc2C(C)(C)C)O1. The molecule has 5 nitrogen and oxygen atoms in total. The second-order valence-electron chi connectivity index (χ2n) is 10.6. The van der Waals surface area contributed by atoms with E-state index in [1.165, 1.54) is 0 Å². The number of hydrogen-bond acceptors (Lipinski definition) is 5. The molecular formula is C26H38O5P2. The molecule has 7 heteroatoms. The van der Waals surface area contributed by atoms with Crippen LogP contribution in [0.3, 0.4) is 0 Å². The van der Waals surface area contributed by atoms with Gasteiger partial charge in [0.25, 0.3) is 0 Å². The van der Waals surface area contributed by atoms with Gasteiger partial charge in [-0.25, -0.2) is 4.31 Å². The Morgan fingerprint density at radius 2 is 1.27 bits per heavy atom. The first-order chi connectivity index (χ1) is 15.4. The lowest BCUT2D eigenvalue weighted by molar-refractivity contribution is -0.0941. The Kier molecular flexibility index (Phi) is 8.46.